The summed E-state index contributed by atoms with van der Waals surface area (Å²) >= 11 is 0. The zero-order chi connectivity index (χ0) is 17.9. The summed E-state index contributed by atoms with van der Waals surface area (Å²) in [6.07, 6.45) is 1.75. The van der Waals surface area contributed by atoms with Crippen LogP contribution in [0, 0.1) is 13.8 Å². The fraction of sp³-hybridized carbons (Fsp3) is 0.211. The van der Waals surface area contributed by atoms with Crippen molar-refractivity contribution in [3.63, 3.8) is 0 Å². The Balaban J connectivity index is 1.64. The van der Waals surface area contributed by atoms with Crippen molar-refractivity contribution in [2.75, 3.05) is 18.4 Å². The van der Waals surface area contributed by atoms with Gasteiger partial charge in [0.25, 0.3) is 0 Å². The van der Waals surface area contributed by atoms with E-state index in [0.717, 1.165) is 27.7 Å². The summed E-state index contributed by atoms with van der Waals surface area (Å²) < 4.78 is 27.1. The molecule has 0 saturated heterocycles. The van der Waals surface area contributed by atoms with E-state index in [4.69, 9.17) is 0 Å². The molecular formula is C19H21N3O2S. The highest BCUT2D eigenvalue weighted by molar-refractivity contribution is 7.89. The van der Waals surface area contributed by atoms with Crippen LogP contribution in [0.5, 0.6) is 0 Å². The first-order valence-corrected chi connectivity index (χ1v) is 9.60. The van der Waals surface area contributed by atoms with Crippen molar-refractivity contribution in [1.29, 1.82) is 0 Å². The maximum Gasteiger partial charge on any atom is 0.240 e. The number of hydrogen-bond acceptors (Lipinski definition) is 4. The normalized spacial score (nSPS) is 11.6. The summed E-state index contributed by atoms with van der Waals surface area (Å²) in [6.45, 7) is 4.74. The highest BCUT2D eigenvalue weighted by atomic mass is 32.2. The Hall–Kier alpha value is -2.44. The van der Waals surface area contributed by atoms with Crippen molar-refractivity contribution in [3.8, 4) is 0 Å². The number of nitrogens with zero attached hydrogens (tertiary/aromatic N) is 1. The summed E-state index contributed by atoms with van der Waals surface area (Å²) in [4.78, 5) is 4.63. The van der Waals surface area contributed by atoms with Crippen molar-refractivity contribution in [1.82, 2.24) is 9.71 Å². The zero-order valence-electron chi connectivity index (χ0n) is 14.3. The van der Waals surface area contributed by atoms with Crippen LogP contribution in [0.2, 0.25) is 0 Å². The van der Waals surface area contributed by atoms with E-state index in [0.29, 0.717) is 13.1 Å². The molecule has 2 N–H and O–H groups in total. The SMILES string of the molecule is Cc1ccc(S(=O)(=O)NCCNc2ccnc3ccc(C)cc23)cc1. The molecule has 5 nitrogen and oxygen atoms in total. The molecule has 0 saturated carbocycles. The third-order valence-corrected chi connectivity index (χ3v) is 5.44. The van der Waals surface area contributed by atoms with Crippen LogP contribution in [0.25, 0.3) is 10.9 Å². The van der Waals surface area contributed by atoms with Crippen molar-refractivity contribution < 1.29 is 8.42 Å². The number of nitrogens with one attached hydrogen (secondary N) is 2. The Morgan fingerprint density at radius 3 is 2.40 bits per heavy atom. The quantitative estimate of drug-likeness (QED) is 0.666. The topological polar surface area (TPSA) is 71.1 Å². The molecule has 3 rings (SSSR count). The Morgan fingerprint density at radius 1 is 0.920 bits per heavy atom. The van der Waals surface area contributed by atoms with Crippen molar-refractivity contribution in [3.05, 3.63) is 65.9 Å². The van der Waals surface area contributed by atoms with E-state index in [1.807, 2.05) is 32.0 Å². The molecule has 6 heteroatoms. The maximum absolute atomic E-state index is 12.3. The molecular weight excluding hydrogens is 334 g/mol. The number of benzene rings is 2. The maximum atomic E-state index is 12.3. The van der Waals surface area contributed by atoms with Crippen LogP contribution in [0.1, 0.15) is 11.1 Å². The predicted molar refractivity (Wildman–Crippen MR) is 101 cm³/mol. The second-order valence-corrected chi connectivity index (χ2v) is 7.78. The number of anilines is 1. The van der Waals surface area contributed by atoms with E-state index in [1.54, 1.807) is 30.5 Å². The van der Waals surface area contributed by atoms with Crippen LogP contribution >= 0.6 is 0 Å². The average Bonchev–Trinajstić information content (AvgIpc) is 2.59. The zero-order valence-corrected chi connectivity index (χ0v) is 15.1. The predicted octanol–water partition coefficient (Wildman–Crippen LogP) is 3.24. The number of rotatable bonds is 6. The minimum Gasteiger partial charge on any atom is -0.383 e. The molecule has 0 bridgehead atoms. The molecule has 0 aliphatic heterocycles. The van der Waals surface area contributed by atoms with Gasteiger partial charge in [-0.15, -0.1) is 0 Å². The van der Waals surface area contributed by atoms with Gasteiger partial charge in [0, 0.05) is 30.4 Å². The Bertz CT molecular complexity index is 983. The lowest BCUT2D eigenvalue weighted by Gasteiger charge is -2.11. The van der Waals surface area contributed by atoms with Gasteiger partial charge in [-0.3, -0.25) is 4.98 Å². The van der Waals surface area contributed by atoms with Gasteiger partial charge in [0.15, 0.2) is 0 Å². The lowest BCUT2D eigenvalue weighted by molar-refractivity contribution is 0.583. The lowest BCUT2D eigenvalue weighted by Crippen LogP contribution is -2.28. The van der Waals surface area contributed by atoms with Gasteiger partial charge >= 0.3 is 0 Å². The van der Waals surface area contributed by atoms with Crippen LogP contribution in [0.3, 0.4) is 0 Å². The van der Waals surface area contributed by atoms with Crippen molar-refractivity contribution in [2.45, 2.75) is 18.7 Å². The van der Waals surface area contributed by atoms with Crippen molar-refractivity contribution in [2.24, 2.45) is 0 Å². The molecule has 0 amide bonds. The summed E-state index contributed by atoms with van der Waals surface area (Å²) in [5.74, 6) is 0. The molecule has 0 aliphatic rings. The third kappa shape index (κ3) is 4.15. The molecule has 0 spiro atoms. The second kappa shape index (κ2) is 7.21. The minimum absolute atomic E-state index is 0.281. The summed E-state index contributed by atoms with van der Waals surface area (Å²) in [7, 11) is -3.48. The van der Waals surface area contributed by atoms with Gasteiger partial charge in [0.05, 0.1) is 10.4 Å². The van der Waals surface area contributed by atoms with Crippen LogP contribution in [0.15, 0.2) is 59.6 Å². The van der Waals surface area contributed by atoms with E-state index in [1.165, 1.54) is 0 Å². The van der Waals surface area contributed by atoms with Gasteiger partial charge in [0.2, 0.25) is 10.0 Å². The highest BCUT2D eigenvalue weighted by Gasteiger charge is 2.12. The van der Waals surface area contributed by atoms with Crippen LogP contribution in [-0.4, -0.2) is 26.5 Å². The van der Waals surface area contributed by atoms with Gasteiger partial charge in [-0.05, 0) is 44.2 Å². The largest absolute Gasteiger partial charge is 0.383 e. The molecule has 0 aliphatic carbocycles. The van der Waals surface area contributed by atoms with Gasteiger partial charge < -0.3 is 5.32 Å². The number of sulfonamides is 1. The van der Waals surface area contributed by atoms with Crippen LogP contribution in [0.4, 0.5) is 5.69 Å². The first-order valence-electron chi connectivity index (χ1n) is 8.11. The van der Waals surface area contributed by atoms with Gasteiger partial charge in [-0.2, -0.15) is 0 Å². The molecule has 0 unspecified atom stereocenters. The summed E-state index contributed by atoms with van der Waals surface area (Å²) in [5, 5.41) is 4.31. The first-order chi connectivity index (χ1) is 12.0. The summed E-state index contributed by atoms with van der Waals surface area (Å²) in [5.41, 5.74) is 4.04. The number of aryl methyl sites for hydroxylation is 2. The lowest BCUT2D eigenvalue weighted by atomic mass is 10.1. The molecule has 0 fully saturated rings. The Morgan fingerprint density at radius 2 is 1.64 bits per heavy atom. The standard InChI is InChI=1S/C19H21N3O2S/c1-14-3-6-16(7-4-14)25(23,24)22-12-11-21-19-9-10-20-18-8-5-15(2)13-17(18)19/h3-10,13,22H,11-12H2,1-2H3,(H,20,21). The summed E-state index contributed by atoms with van der Waals surface area (Å²) in [6, 6.07) is 14.8. The van der Waals surface area contributed by atoms with Gasteiger partial charge in [-0.25, -0.2) is 13.1 Å². The smallest absolute Gasteiger partial charge is 0.240 e. The molecule has 0 atom stereocenters. The average molecular weight is 355 g/mol. The number of aromatic nitrogens is 1. The molecule has 1 aromatic heterocycles. The first kappa shape index (κ1) is 17.4. The van der Waals surface area contributed by atoms with E-state index >= 15 is 0 Å². The molecule has 0 radical (unpaired) electrons. The molecule has 2 aromatic carbocycles. The fourth-order valence-electron chi connectivity index (χ4n) is 2.60. The van der Waals surface area contributed by atoms with Gasteiger partial charge in [-0.1, -0.05) is 29.3 Å². The minimum atomic E-state index is -3.48. The number of fused-ring (bicyclic) bond motifs is 1. The third-order valence-electron chi connectivity index (χ3n) is 3.96. The van der Waals surface area contributed by atoms with E-state index in [-0.39, 0.29) is 4.90 Å². The van der Waals surface area contributed by atoms with Crippen molar-refractivity contribution >= 4 is 26.6 Å². The van der Waals surface area contributed by atoms with Crippen LogP contribution in [-0.2, 0) is 10.0 Å². The van der Waals surface area contributed by atoms with E-state index < -0.39 is 10.0 Å². The molecule has 1 heterocycles. The molecule has 130 valence electrons. The Labute approximate surface area is 148 Å². The van der Waals surface area contributed by atoms with Gasteiger partial charge in [0.1, 0.15) is 0 Å². The fourth-order valence-corrected chi connectivity index (χ4v) is 3.63. The number of hydrogen-bond donors (Lipinski definition) is 2. The monoisotopic (exact) mass is 355 g/mol. The van der Waals surface area contributed by atoms with E-state index in [2.05, 4.69) is 21.1 Å². The molecule has 3 aromatic rings. The number of pyridine rings is 1. The highest BCUT2D eigenvalue weighted by Crippen LogP contribution is 2.22. The Kier molecular flexibility index (Phi) is 5.01. The van der Waals surface area contributed by atoms with Crippen LogP contribution < -0.4 is 10.0 Å². The van der Waals surface area contributed by atoms with E-state index in [9.17, 15) is 8.42 Å². The molecule has 25 heavy (non-hydrogen) atoms. The second-order valence-electron chi connectivity index (χ2n) is 6.02.